The third kappa shape index (κ3) is 4.87. The molecule has 0 bridgehead atoms. The highest BCUT2D eigenvalue weighted by Gasteiger charge is 2.65. The molecule has 0 unspecified atom stereocenters. The summed E-state index contributed by atoms with van der Waals surface area (Å²) in [5.41, 5.74) is -0.702. The number of aliphatic hydroxyl groups is 1. The van der Waals surface area contributed by atoms with E-state index in [0.717, 1.165) is 26.4 Å². The molecule has 3 aromatic carbocycles. The van der Waals surface area contributed by atoms with E-state index in [0.29, 0.717) is 0 Å². The number of carbonyl (C=O) groups excluding carboxylic acids is 2. The molecule has 1 N–H and O–H groups in total. The lowest BCUT2D eigenvalue weighted by atomic mass is 9.87. The van der Waals surface area contributed by atoms with Crippen LogP contribution in [0.15, 0.2) is 71.2 Å². The van der Waals surface area contributed by atoms with Crippen LogP contribution in [0.5, 0.6) is 0 Å². The van der Waals surface area contributed by atoms with Gasteiger partial charge in [0.25, 0.3) is 0 Å². The molecule has 7 heteroatoms. The highest BCUT2D eigenvalue weighted by Crippen LogP contribution is 2.48. The number of carbonyl (C=O) groups is 2. The first kappa shape index (κ1) is 23.6. The van der Waals surface area contributed by atoms with Crippen molar-refractivity contribution >= 4 is 38.5 Å². The van der Waals surface area contributed by atoms with E-state index in [9.17, 15) is 14.7 Å². The van der Waals surface area contributed by atoms with Gasteiger partial charge in [0.15, 0.2) is 11.9 Å². The largest absolute Gasteiger partial charge is 0.464 e. The number of Topliss-reactive ketones (excluding diaryl/α,β-unsaturated/α-hetero) is 1. The predicted octanol–water partition coefficient (Wildman–Crippen LogP) is 4.51. The average molecular weight is 513 g/mol. The number of benzene rings is 3. The second-order valence-corrected chi connectivity index (χ2v) is 8.98. The molecular weight excluding hydrogens is 488 g/mol. The molecule has 1 heterocycles. The number of halogens is 1. The zero-order valence-corrected chi connectivity index (χ0v) is 19.9. The van der Waals surface area contributed by atoms with Crippen molar-refractivity contribution < 1.29 is 28.9 Å². The SMILES string of the molecule is CCOC(=O)[C@](O)([C@@H](OCc1ccc2ccccc2c1)C(C)=O)[C@H]1O[C@@H]1c1cccc(Br)c1. The van der Waals surface area contributed by atoms with Gasteiger partial charge in [0.2, 0.25) is 5.60 Å². The zero-order chi connectivity index (χ0) is 23.6. The van der Waals surface area contributed by atoms with Crippen molar-refractivity contribution in [2.45, 2.75) is 44.4 Å². The quantitative estimate of drug-likeness (QED) is 0.335. The number of rotatable bonds is 9. The van der Waals surface area contributed by atoms with E-state index in [2.05, 4.69) is 15.9 Å². The monoisotopic (exact) mass is 512 g/mol. The number of ether oxygens (including phenoxy) is 3. The summed E-state index contributed by atoms with van der Waals surface area (Å²) in [6.07, 6.45) is -3.00. The molecule has 1 fully saturated rings. The maximum Gasteiger partial charge on any atom is 0.344 e. The Morgan fingerprint density at radius 2 is 1.85 bits per heavy atom. The first-order chi connectivity index (χ1) is 15.8. The normalized spacial score (nSPS) is 20.1. The van der Waals surface area contributed by atoms with Crippen LogP contribution >= 0.6 is 15.9 Å². The van der Waals surface area contributed by atoms with Crippen LogP contribution in [0.2, 0.25) is 0 Å². The van der Waals surface area contributed by atoms with E-state index >= 15 is 0 Å². The van der Waals surface area contributed by atoms with Crippen molar-refractivity contribution in [2.75, 3.05) is 6.61 Å². The van der Waals surface area contributed by atoms with Crippen LogP contribution in [0.3, 0.4) is 0 Å². The number of ketones is 1. The number of epoxide rings is 1. The molecule has 172 valence electrons. The summed E-state index contributed by atoms with van der Waals surface area (Å²) < 4.78 is 17.6. The van der Waals surface area contributed by atoms with E-state index in [1.165, 1.54) is 6.92 Å². The summed E-state index contributed by atoms with van der Waals surface area (Å²) in [5.74, 6) is -1.43. The molecule has 0 saturated carbocycles. The number of fused-ring (bicyclic) bond motifs is 1. The summed E-state index contributed by atoms with van der Waals surface area (Å²) in [5, 5.41) is 13.7. The highest BCUT2D eigenvalue weighted by atomic mass is 79.9. The van der Waals surface area contributed by atoms with Crippen LogP contribution in [0.4, 0.5) is 0 Å². The van der Waals surface area contributed by atoms with Crippen LogP contribution in [-0.2, 0) is 30.4 Å². The van der Waals surface area contributed by atoms with Crippen molar-refractivity contribution in [2.24, 2.45) is 0 Å². The Kier molecular flexibility index (Phi) is 6.95. The Hall–Kier alpha value is -2.58. The second-order valence-electron chi connectivity index (χ2n) is 8.06. The van der Waals surface area contributed by atoms with Gasteiger partial charge in [-0.15, -0.1) is 0 Å². The van der Waals surface area contributed by atoms with Gasteiger partial charge in [-0.25, -0.2) is 4.79 Å². The minimum Gasteiger partial charge on any atom is -0.464 e. The Morgan fingerprint density at radius 3 is 2.55 bits per heavy atom. The molecule has 3 aromatic rings. The Morgan fingerprint density at radius 1 is 1.09 bits per heavy atom. The van der Waals surface area contributed by atoms with Gasteiger partial charge in [-0.2, -0.15) is 0 Å². The average Bonchev–Trinajstić information content (AvgIpc) is 3.60. The topological polar surface area (TPSA) is 85.4 Å². The van der Waals surface area contributed by atoms with Crippen molar-refractivity contribution in [1.29, 1.82) is 0 Å². The van der Waals surface area contributed by atoms with Gasteiger partial charge in [-0.3, -0.25) is 4.79 Å². The molecule has 4 atom stereocenters. The minimum atomic E-state index is -2.29. The molecule has 6 nitrogen and oxygen atoms in total. The Bertz CT molecular complexity index is 1180. The van der Waals surface area contributed by atoms with Crippen LogP contribution in [-0.4, -0.2) is 41.3 Å². The molecule has 0 amide bonds. The van der Waals surface area contributed by atoms with Crippen molar-refractivity contribution in [3.8, 4) is 0 Å². The lowest BCUT2D eigenvalue weighted by Gasteiger charge is -2.31. The molecule has 1 saturated heterocycles. The molecule has 1 aliphatic rings. The summed E-state index contributed by atoms with van der Waals surface area (Å²) in [6, 6.07) is 21.1. The van der Waals surface area contributed by atoms with Gasteiger partial charge < -0.3 is 19.3 Å². The lowest BCUT2D eigenvalue weighted by Crippen LogP contribution is -2.58. The molecule has 0 spiro atoms. The Balaban J connectivity index is 1.60. The maximum atomic E-state index is 12.9. The number of hydrogen-bond donors (Lipinski definition) is 1. The fourth-order valence-electron chi connectivity index (χ4n) is 4.07. The van der Waals surface area contributed by atoms with Gasteiger partial charge in [0.1, 0.15) is 12.2 Å². The fraction of sp³-hybridized carbons (Fsp3) is 0.308. The summed E-state index contributed by atoms with van der Waals surface area (Å²) in [7, 11) is 0. The smallest absolute Gasteiger partial charge is 0.344 e. The first-order valence-corrected chi connectivity index (χ1v) is 11.5. The fourth-order valence-corrected chi connectivity index (χ4v) is 4.48. The molecule has 1 aliphatic heterocycles. The molecular formula is C26H25BrO6. The third-order valence-corrected chi connectivity index (χ3v) is 6.20. The van der Waals surface area contributed by atoms with Crippen molar-refractivity contribution in [3.05, 3.63) is 82.3 Å². The minimum absolute atomic E-state index is 0.0328. The second kappa shape index (κ2) is 9.73. The number of esters is 1. The van der Waals surface area contributed by atoms with Gasteiger partial charge >= 0.3 is 5.97 Å². The van der Waals surface area contributed by atoms with Crippen molar-refractivity contribution in [1.82, 2.24) is 0 Å². The third-order valence-electron chi connectivity index (χ3n) is 5.70. The number of hydrogen-bond acceptors (Lipinski definition) is 6. The summed E-state index contributed by atoms with van der Waals surface area (Å²) in [6.45, 7) is 3.00. The van der Waals surface area contributed by atoms with Gasteiger partial charge in [-0.05, 0) is 53.9 Å². The van der Waals surface area contributed by atoms with E-state index in [1.54, 1.807) is 6.92 Å². The first-order valence-electron chi connectivity index (χ1n) is 10.7. The molecule has 0 aromatic heterocycles. The highest BCUT2D eigenvalue weighted by molar-refractivity contribution is 9.10. The zero-order valence-electron chi connectivity index (χ0n) is 18.4. The lowest BCUT2D eigenvalue weighted by molar-refractivity contribution is -0.190. The van der Waals surface area contributed by atoms with E-state index in [-0.39, 0.29) is 13.2 Å². The van der Waals surface area contributed by atoms with E-state index in [4.69, 9.17) is 14.2 Å². The van der Waals surface area contributed by atoms with Crippen molar-refractivity contribution in [3.63, 3.8) is 0 Å². The van der Waals surface area contributed by atoms with E-state index < -0.39 is 35.7 Å². The standard InChI is InChI=1S/C26H25BrO6/c1-3-31-25(29)26(30,24-22(33-24)20-9-6-10-21(27)14-20)23(16(2)28)32-15-17-11-12-18-7-4-5-8-19(18)13-17/h4-14,22-24,30H,3,15H2,1-2H3/t22-,23+,24+,26+/m1/s1. The summed E-state index contributed by atoms with van der Waals surface area (Å²) in [4.78, 5) is 25.5. The van der Waals surface area contributed by atoms with Crippen LogP contribution < -0.4 is 0 Å². The Labute approximate surface area is 200 Å². The van der Waals surface area contributed by atoms with Gasteiger partial charge in [0.05, 0.1) is 13.2 Å². The molecule has 0 aliphatic carbocycles. The van der Waals surface area contributed by atoms with Crippen LogP contribution in [0.25, 0.3) is 10.8 Å². The molecule has 4 rings (SSSR count). The maximum absolute atomic E-state index is 12.9. The van der Waals surface area contributed by atoms with Crippen LogP contribution in [0, 0.1) is 0 Å². The van der Waals surface area contributed by atoms with Gasteiger partial charge in [-0.1, -0.05) is 64.5 Å². The summed E-state index contributed by atoms with van der Waals surface area (Å²) >= 11 is 3.41. The predicted molar refractivity (Wildman–Crippen MR) is 127 cm³/mol. The molecule has 33 heavy (non-hydrogen) atoms. The van der Waals surface area contributed by atoms with E-state index in [1.807, 2.05) is 66.7 Å². The van der Waals surface area contributed by atoms with Gasteiger partial charge in [0, 0.05) is 4.47 Å². The van der Waals surface area contributed by atoms with Crippen LogP contribution in [0.1, 0.15) is 31.1 Å². The molecule has 0 radical (unpaired) electrons.